The first-order chi connectivity index (χ1) is 17.9. The average Bonchev–Trinajstić information content (AvgIpc) is 3.29. The summed E-state index contributed by atoms with van der Waals surface area (Å²) >= 11 is 7.51. The fourth-order valence-corrected chi connectivity index (χ4v) is 5.44. The van der Waals surface area contributed by atoms with Crippen molar-refractivity contribution in [1.29, 1.82) is 5.41 Å². The lowest BCUT2D eigenvalue weighted by molar-refractivity contribution is 0.621. The number of halogens is 1. The monoisotopic (exact) mass is 531 g/mol. The average molecular weight is 532 g/mol. The van der Waals surface area contributed by atoms with Gasteiger partial charge in [0.05, 0.1) is 22.2 Å². The maximum atomic E-state index is 7.37. The summed E-state index contributed by atoms with van der Waals surface area (Å²) in [7, 11) is 0. The van der Waals surface area contributed by atoms with E-state index in [4.69, 9.17) is 33.5 Å². The van der Waals surface area contributed by atoms with Crippen LogP contribution in [0.25, 0.3) is 0 Å². The predicted molar refractivity (Wildman–Crippen MR) is 153 cm³/mol. The van der Waals surface area contributed by atoms with E-state index in [1.165, 1.54) is 16.9 Å². The molecule has 9 heteroatoms. The highest BCUT2D eigenvalue weighted by atomic mass is 35.5. The highest BCUT2D eigenvalue weighted by Crippen LogP contribution is 2.33. The summed E-state index contributed by atoms with van der Waals surface area (Å²) in [6.07, 6.45) is 3.31. The van der Waals surface area contributed by atoms with Crippen LogP contribution >= 0.6 is 22.9 Å². The number of pyridine rings is 1. The summed E-state index contributed by atoms with van der Waals surface area (Å²) in [4.78, 5) is 14.4. The van der Waals surface area contributed by atoms with Crippen LogP contribution in [0, 0.1) is 5.41 Å². The van der Waals surface area contributed by atoms with E-state index in [1.807, 2.05) is 61.7 Å². The van der Waals surface area contributed by atoms with E-state index in [9.17, 15) is 0 Å². The molecule has 6 N–H and O–H groups in total. The maximum absolute atomic E-state index is 7.37. The number of amidine groups is 1. The zero-order chi connectivity index (χ0) is 26.2. The summed E-state index contributed by atoms with van der Waals surface area (Å²) in [6.45, 7) is 3.45. The summed E-state index contributed by atoms with van der Waals surface area (Å²) in [5, 5.41) is 12.4. The van der Waals surface area contributed by atoms with Crippen molar-refractivity contribution in [3.63, 3.8) is 0 Å². The molecule has 7 nitrogen and oxygen atoms in total. The van der Waals surface area contributed by atoms with Crippen LogP contribution in [0.15, 0.2) is 77.9 Å². The molecule has 0 saturated heterocycles. The first-order valence-electron chi connectivity index (χ1n) is 12.0. The highest BCUT2D eigenvalue weighted by molar-refractivity contribution is 7.14. The summed E-state index contributed by atoms with van der Waals surface area (Å²) in [6, 6.07) is 21.8. The minimum Gasteiger partial charge on any atom is -0.382 e. The van der Waals surface area contributed by atoms with Gasteiger partial charge >= 0.3 is 0 Å². The van der Waals surface area contributed by atoms with Gasteiger partial charge in [0.15, 0.2) is 0 Å². The van der Waals surface area contributed by atoms with Gasteiger partial charge in [-0.05, 0) is 47.9 Å². The Bertz CT molecular complexity index is 1350. The Hall–Kier alpha value is -3.43. The van der Waals surface area contributed by atoms with Gasteiger partial charge in [0.1, 0.15) is 17.2 Å². The van der Waals surface area contributed by atoms with Gasteiger partial charge in [-0.3, -0.25) is 10.4 Å². The van der Waals surface area contributed by atoms with Crippen molar-refractivity contribution in [2.24, 2.45) is 16.5 Å². The topological polar surface area (TPSA) is 126 Å². The molecule has 2 unspecified atom stereocenters. The van der Waals surface area contributed by atoms with Gasteiger partial charge in [0.25, 0.3) is 0 Å². The van der Waals surface area contributed by atoms with E-state index in [1.54, 1.807) is 0 Å². The molecule has 2 heterocycles. The number of hydrogen-bond acceptors (Lipinski definition) is 6. The van der Waals surface area contributed by atoms with Crippen molar-refractivity contribution in [2.45, 2.75) is 38.4 Å². The van der Waals surface area contributed by atoms with Gasteiger partial charge < -0.3 is 16.8 Å². The molecule has 0 saturated carbocycles. The second-order valence-corrected chi connectivity index (χ2v) is 10.3. The number of hydrogen-bond donors (Lipinski definition) is 4. The Labute approximate surface area is 226 Å². The van der Waals surface area contributed by atoms with E-state index in [0.717, 1.165) is 45.3 Å². The zero-order valence-corrected chi connectivity index (χ0v) is 22.1. The second kappa shape index (κ2) is 12.7. The number of rotatable bonds is 11. The van der Waals surface area contributed by atoms with Gasteiger partial charge in [-0.2, -0.15) is 0 Å². The first kappa shape index (κ1) is 26.6. The lowest BCUT2D eigenvalue weighted by Gasteiger charge is -2.19. The van der Waals surface area contributed by atoms with Crippen molar-refractivity contribution in [2.75, 3.05) is 0 Å². The van der Waals surface area contributed by atoms with E-state index in [-0.39, 0.29) is 17.8 Å². The van der Waals surface area contributed by atoms with E-state index in [2.05, 4.69) is 33.5 Å². The maximum Gasteiger partial charge on any atom is 0.144 e. The Kier molecular flexibility index (Phi) is 9.14. The van der Waals surface area contributed by atoms with Crippen LogP contribution < -0.4 is 16.8 Å². The fourth-order valence-electron chi connectivity index (χ4n) is 4.09. The van der Waals surface area contributed by atoms with Crippen LogP contribution in [-0.2, 0) is 19.5 Å². The number of nitrogens with one attached hydrogen (secondary N) is 2. The predicted octanol–water partition coefficient (Wildman–Crippen LogP) is 4.86. The number of aliphatic imine (C=N–C) groups is 1. The molecular weight excluding hydrogens is 502 g/mol. The molecule has 37 heavy (non-hydrogen) atoms. The quantitative estimate of drug-likeness (QED) is 0.162. The molecule has 0 aliphatic heterocycles. The van der Waals surface area contributed by atoms with Crippen molar-refractivity contribution < 1.29 is 0 Å². The second-order valence-electron chi connectivity index (χ2n) is 8.79. The number of benzene rings is 2. The normalized spacial score (nSPS) is 13.3. The smallest absolute Gasteiger partial charge is 0.144 e. The summed E-state index contributed by atoms with van der Waals surface area (Å²) in [5.41, 5.74) is 17.8. The molecule has 0 amide bonds. The van der Waals surface area contributed by atoms with Crippen molar-refractivity contribution in [1.82, 2.24) is 15.3 Å². The lowest BCUT2D eigenvalue weighted by Crippen LogP contribution is -2.26. The van der Waals surface area contributed by atoms with Crippen LogP contribution in [0.4, 0.5) is 0 Å². The number of thiazole rings is 1. The van der Waals surface area contributed by atoms with Gasteiger partial charge in [-0.15, -0.1) is 11.3 Å². The number of nitrogens with zero attached hydrogens (tertiary/aromatic N) is 3. The third-order valence-electron chi connectivity index (χ3n) is 5.89. The third kappa shape index (κ3) is 7.08. The number of aromatic nitrogens is 2. The van der Waals surface area contributed by atoms with Crippen molar-refractivity contribution in [3.05, 3.63) is 116 Å². The van der Waals surface area contributed by atoms with Gasteiger partial charge in [0, 0.05) is 36.8 Å². The highest BCUT2D eigenvalue weighted by Gasteiger charge is 2.27. The van der Waals surface area contributed by atoms with Crippen molar-refractivity contribution >= 4 is 35.1 Å². The van der Waals surface area contributed by atoms with Crippen LogP contribution in [0.5, 0.6) is 0 Å². The standard InChI is InChI=1S/C28H30ClN7S/c1-18(31)25(23-14-21(11-12-34-23)16-33-15-20-5-3-2-4-6-20)28-36-24(26(37-28)27(32)35-17-30)13-19-7-9-22(29)10-8-19/h2-12,14,17-18,25,33H,13,15-16,31H2,1H3,(H3,30,32,35). The van der Waals surface area contributed by atoms with Crippen molar-refractivity contribution in [3.8, 4) is 0 Å². The number of nitrogens with two attached hydrogens (primary N) is 2. The van der Waals surface area contributed by atoms with E-state index >= 15 is 0 Å². The zero-order valence-electron chi connectivity index (χ0n) is 20.6. The Morgan fingerprint density at radius 2 is 1.81 bits per heavy atom. The largest absolute Gasteiger partial charge is 0.382 e. The van der Waals surface area contributed by atoms with Crippen LogP contribution in [0.2, 0.25) is 5.02 Å². The van der Waals surface area contributed by atoms with Gasteiger partial charge in [-0.25, -0.2) is 9.98 Å². The molecule has 2 aromatic heterocycles. The molecule has 190 valence electrons. The lowest BCUT2D eigenvalue weighted by atomic mass is 9.97. The molecule has 4 rings (SSSR count). The molecule has 4 aromatic rings. The van der Waals surface area contributed by atoms with Crippen LogP contribution in [0.3, 0.4) is 0 Å². The molecule has 0 bridgehead atoms. The minimum atomic E-state index is -0.233. The first-order valence-corrected chi connectivity index (χ1v) is 13.2. The fraction of sp³-hybridized carbons (Fsp3) is 0.214. The Balaban J connectivity index is 1.61. The summed E-state index contributed by atoms with van der Waals surface area (Å²) < 4.78 is 0. The SMILES string of the molecule is CC(N)C(c1cc(CNCc2ccccc2)ccn1)c1nc(Cc2ccc(Cl)cc2)c(C(N)=NC=N)s1. The van der Waals surface area contributed by atoms with Gasteiger partial charge in [-0.1, -0.05) is 54.1 Å². The van der Waals surface area contributed by atoms with E-state index < -0.39 is 0 Å². The third-order valence-corrected chi connectivity index (χ3v) is 7.35. The molecule has 2 atom stereocenters. The van der Waals surface area contributed by atoms with Crippen LogP contribution in [0.1, 0.15) is 50.8 Å². The van der Waals surface area contributed by atoms with Gasteiger partial charge in [0.2, 0.25) is 0 Å². The van der Waals surface area contributed by atoms with E-state index in [0.29, 0.717) is 18.0 Å². The molecule has 0 spiro atoms. The molecule has 0 aliphatic carbocycles. The molecule has 2 aromatic carbocycles. The molecular formula is C28H30ClN7S. The Morgan fingerprint density at radius 3 is 2.51 bits per heavy atom. The molecule has 0 fully saturated rings. The summed E-state index contributed by atoms with van der Waals surface area (Å²) in [5.74, 6) is 0.0440. The minimum absolute atomic E-state index is 0.218. The molecule has 0 aliphatic rings. The Morgan fingerprint density at radius 1 is 1.08 bits per heavy atom. The van der Waals surface area contributed by atoms with Crippen LogP contribution in [-0.4, -0.2) is 28.2 Å². The molecule has 0 radical (unpaired) electrons.